The number of halogens is 1. The van der Waals surface area contributed by atoms with Crippen molar-refractivity contribution in [1.82, 2.24) is 15.5 Å². The number of methoxy groups -OCH3 is 2. The van der Waals surface area contributed by atoms with Gasteiger partial charge in [0.05, 0.1) is 32.9 Å². The summed E-state index contributed by atoms with van der Waals surface area (Å²) < 4.78 is 10.8. The highest BCUT2D eigenvalue weighted by Crippen LogP contribution is 2.31. The minimum atomic E-state index is -0.645. The van der Waals surface area contributed by atoms with Crippen LogP contribution in [0.4, 0.5) is 0 Å². The van der Waals surface area contributed by atoms with Crippen molar-refractivity contribution in [2.45, 2.75) is 31.9 Å². The minimum Gasteiger partial charge on any atom is -0.497 e. The van der Waals surface area contributed by atoms with Crippen LogP contribution in [0.5, 0.6) is 11.5 Å². The first-order chi connectivity index (χ1) is 15.7. The summed E-state index contributed by atoms with van der Waals surface area (Å²) in [5, 5.41) is 17.2. The Kier molecular flexibility index (Phi) is 11.8. The van der Waals surface area contributed by atoms with E-state index in [0.717, 1.165) is 42.3 Å². The molecular weight excluding hydrogens is 531 g/mol. The number of nitrogens with zero attached hydrogens (tertiary/aromatic N) is 2. The van der Waals surface area contributed by atoms with E-state index >= 15 is 0 Å². The van der Waals surface area contributed by atoms with Crippen molar-refractivity contribution in [3.05, 3.63) is 59.7 Å². The molecule has 0 saturated carbocycles. The fraction of sp³-hybridized carbons (Fsp3) is 0.480. The summed E-state index contributed by atoms with van der Waals surface area (Å²) in [6, 6.07) is 15.8. The van der Waals surface area contributed by atoms with E-state index in [1.807, 2.05) is 43.3 Å². The second-order valence-corrected chi connectivity index (χ2v) is 7.89. The molecule has 7 nitrogen and oxygen atoms in total. The van der Waals surface area contributed by atoms with Crippen molar-refractivity contribution >= 4 is 29.9 Å². The second kappa shape index (κ2) is 14.3. The van der Waals surface area contributed by atoms with Gasteiger partial charge < -0.3 is 25.2 Å². The number of hydrogen-bond acceptors (Lipinski definition) is 5. The van der Waals surface area contributed by atoms with E-state index in [1.54, 1.807) is 14.2 Å². The van der Waals surface area contributed by atoms with E-state index in [4.69, 9.17) is 14.5 Å². The quantitative estimate of drug-likeness (QED) is 0.230. The molecule has 8 heteroatoms. The number of benzene rings is 2. The zero-order chi connectivity index (χ0) is 22.8. The molecule has 0 aliphatic carbocycles. The first-order valence-electron chi connectivity index (χ1n) is 11.4. The molecule has 2 aromatic rings. The lowest BCUT2D eigenvalue weighted by molar-refractivity contribution is 0.180. The van der Waals surface area contributed by atoms with Crippen molar-refractivity contribution in [1.29, 1.82) is 0 Å². The molecule has 0 amide bonds. The molecule has 1 aliphatic rings. The number of nitrogens with one attached hydrogen (secondary N) is 2. The molecule has 0 spiro atoms. The van der Waals surface area contributed by atoms with E-state index in [1.165, 1.54) is 12.8 Å². The number of hydrogen-bond donors (Lipinski definition) is 3. The van der Waals surface area contributed by atoms with Crippen LogP contribution in [-0.4, -0.2) is 62.9 Å². The molecule has 33 heavy (non-hydrogen) atoms. The number of ether oxygens (including phenoxy) is 2. The minimum absolute atomic E-state index is 0. The Morgan fingerprint density at radius 2 is 1.73 bits per heavy atom. The molecule has 1 saturated heterocycles. The lowest BCUT2D eigenvalue weighted by atomic mass is 10.0. The van der Waals surface area contributed by atoms with Crippen molar-refractivity contribution in [2.24, 2.45) is 4.99 Å². The van der Waals surface area contributed by atoms with Crippen molar-refractivity contribution < 1.29 is 14.6 Å². The Balaban J connectivity index is 0.00000385. The van der Waals surface area contributed by atoms with Crippen molar-refractivity contribution in [2.75, 3.05) is 46.9 Å². The highest BCUT2D eigenvalue weighted by Gasteiger charge is 2.25. The Hall–Kier alpha value is -2.04. The zero-order valence-electron chi connectivity index (χ0n) is 19.8. The van der Waals surface area contributed by atoms with Crippen LogP contribution in [0.2, 0.25) is 0 Å². The SMILES string of the molecule is CCNC(=NCC(c1ccccc1OC)N1CCCC1)NCC(O)c1ccc(OC)cc1.I. The Morgan fingerprint density at radius 3 is 2.36 bits per heavy atom. The van der Waals surface area contributed by atoms with E-state index < -0.39 is 6.10 Å². The summed E-state index contributed by atoms with van der Waals surface area (Å²) in [6.45, 7) is 5.88. The van der Waals surface area contributed by atoms with Crippen LogP contribution in [-0.2, 0) is 0 Å². The van der Waals surface area contributed by atoms with Gasteiger partial charge in [-0.15, -0.1) is 24.0 Å². The van der Waals surface area contributed by atoms with Crippen molar-refractivity contribution in [3.63, 3.8) is 0 Å². The van der Waals surface area contributed by atoms with E-state index in [9.17, 15) is 5.11 Å². The number of para-hydroxylation sites is 1. The molecule has 0 bridgehead atoms. The van der Waals surface area contributed by atoms with Gasteiger partial charge in [-0.1, -0.05) is 30.3 Å². The normalized spacial score (nSPS) is 15.9. The first kappa shape index (κ1) is 27.2. The van der Waals surface area contributed by atoms with Gasteiger partial charge in [0.15, 0.2) is 5.96 Å². The molecule has 0 aromatic heterocycles. The Morgan fingerprint density at radius 1 is 1.03 bits per heavy atom. The maximum Gasteiger partial charge on any atom is 0.191 e. The highest BCUT2D eigenvalue weighted by atomic mass is 127. The van der Waals surface area contributed by atoms with Gasteiger partial charge in [-0.3, -0.25) is 9.89 Å². The molecule has 3 rings (SSSR count). The summed E-state index contributed by atoms with van der Waals surface area (Å²) in [5.74, 6) is 2.36. The molecule has 1 fully saturated rings. The zero-order valence-corrected chi connectivity index (χ0v) is 22.1. The average Bonchev–Trinajstić information content (AvgIpc) is 3.37. The maximum absolute atomic E-state index is 10.6. The third kappa shape index (κ3) is 7.75. The largest absolute Gasteiger partial charge is 0.497 e. The number of likely N-dealkylation sites (tertiary alicyclic amines) is 1. The fourth-order valence-electron chi connectivity index (χ4n) is 4.06. The summed E-state index contributed by atoms with van der Waals surface area (Å²) >= 11 is 0. The summed E-state index contributed by atoms with van der Waals surface area (Å²) in [6.07, 6.45) is 1.78. The van der Waals surface area contributed by atoms with Gasteiger partial charge in [0.2, 0.25) is 0 Å². The third-order valence-corrected chi connectivity index (χ3v) is 5.81. The fourth-order valence-corrected chi connectivity index (χ4v) is 4.06. The predicted octanol–water partition coefficient (Wildman–Crippen LogP) is 3.75. The number of aliphatic hydroxyl groups excluding tert-OH is 1. The predicted molar refractivity (Wildman–Crippen MR) is 144 cm³/mol. The van der Waals surface area contributed by atoms with Crippen LogP contribution in [0.25, 0.3) is 0 Å². The number of guanidine groups is 1. The van der Waals surface area contributed by atoms with Gasteiger partial charge >= 0.3 is 0 Å². The van der Waals surface area contributed by atoms with Crippen LogP contribution < -0.4 is 20.1 Å². The molecule has 2 unspecified atom stereocenters. The molecule has 0 radical (unpaired) electrons. The number of rotatable bonds is 10. The first-order valence-corrected chi connectivity index (χ1v) is 11.4. The third-order valence-electron chi connectivity index (χ3n) is 5.81. The average molecular weight is 569 g/mol. The smallest absolute Gasteiger partial charge is 0.191 e. The molecular formula is C25H37IN4O3. The van der Waals surface area contributed by atoms with Crippen LogP contribution in [0, 0.1) is 0 Å². The van der Waals surface area contributed by atoms with E-state index in [-0.39, 0.29) is 30.0 Å². The second-order valence-electron chi connectivity index (χ2n) is 7.89. The molecule has 1 heterocycles. The maximum atomic E-state index is 10.6. The molecule has 182 valence electrons. The van der Waals surface area contributed by atoms with Gasteiger partial charge in [-0.25, -0.2) is 0 Å². The summed E-state index contributed by atoms with van der Waals surface area (Å²) in [4.78, 5) is 7.35. The lowest BCUT2D eigenvalue weighted by Crippen LogP contribution is -2.40. The standard InChI is InChI=1S/C25H36N4O3.HI/c1-4-26-25(28-18-23(30)19-11-13-20(31-2)14-12-19)27-17-22(29-15-7-8-16-29)21-9-5-6-10-24(21)32-3;/h5-6,9-14,22-23,30H,4,7-8,15-18H2,1-3H3,(H2,26,27,28);1H. The van der Waals surface area contributed by atoms with Gasteiger partial charge in [-0.05, 0) is 56.6 Å². The topological polar surface area (TPSA) is 78.4 Å². The van der Waals surface area contributed by atoms with Crippen LogP contribution in [0.1, 0.15) is 43.0 Å². The van der Waals surface area contributed by atoms with Crippen LogP contribution in [0.15, 0.2) is 53.5 Å². The van der Waals surface area contributed by atoms with Crippen molar-refractivity contribution in [3.8, 4) is 11.5 Å². The molecule has 2 atom stereocenters. The van der Waals surface area contributed by atoms with Gasteiger partial charge in [0.25, 0.3) is 0 Å². The Labute approximate surface area is 214 Å². The Bertz CT molecular complexity index is 857. The summed E-state index contributed by atoms with van der Waals surface area (Å²) in [5.41, 5.74) is 1.99. The highest BCUT2D eigenvalue weighted by molar-refractivity contribution is 14.0. The molecule has 3 N–H and O–H groups in total. The van der Waals surface area contributed by atoms with E-state index in [0.29, 0.717) is 19.0 Å². The van der Waals surface area contributed by atoms with Crippen LogP contribution in [0.3, 0.4) is 0 Å². The number of aliphatic imine (C=N–C) groups is 1. The van der Waals surface area contributed by atoms with E-state index in [2.05, 4.69) is 27.7 Å². The molecule has 2 aromatic carbocycles. The summed E-state index contributed by atoms with van der Waals surface area (Å²) in [7, 11) is 3.35. The van der Waals surface area contributed by atoms with Gasteiger partial charge in [-0.2, -0.15) is 0 Å². The molecule has 1 aliphatic heterocycles. The lowest BCUT2D eigenvalue weighted by Gasteiger charge is -2.28. The van der Waals surface area contributed by atoms with Gasteiger partial charge in [0.1, 0.15) is 11.5 Å². The van der Waals surface area contributed by atoms with Gasteiger partial charge in [0, 0.05) is 18.7 Å². The number of aliphatic hydroxyl groups is 1. The monoisotopic (exact) mass is 568 g/mol. The van der Waals surface area contributed by atoms with Crippen LogP contribution >= 0.6 is 24.0 Å².